The quantitative estimate of drug-likeness (QED) is 0.867. The van der Waals surface area contributed by atoms with E-state index in [0.29, 0.717) is 17.3 Å². The predicted molar refractivity (Wildman–Crippen MR) is 91.5 cm³/mol. The summed E-state index contributed by atoms with van der Waals surface area (Å²) in [6, 6.07) is 1.70. The topological polar surface area (TPSA) is 113 Å². The Morgan fingerprint density at radius 1 is 1.42 bits per heavy atom. The first-order valence-electron chi connectivity index (χ1n) is 7.69. The van der Waals surface area contributed by atoms with E-state index in [9.17, 15) is 9.59 Å². The SMILES string of the molecule is CN(CC1CCN(c2ncnc3cc(C(N)=O)sc23)CC1)C(=O)O. The number of carbonyl (C=O) groups excluding carboxylic acids is 1. The smallest absolute Gasteiger partial charge is 0.407 e. The lowest BCUT2D eigenvalue weighted by Gasteiger charge is -2.34. The molecule has 0 saturated carbocycles. The zero-order valence-corrected chi connectivity index (χ0v) is 14.1. The van der Waals surface area contributed by atoms with Crippen LogP contribution in [0.2, 0.25) is 0 Å². The van der Waals surface area contributed by atoms with Crippen molar-refractivity contribution in [3.05, 3.63) is 17.3 Å². The van der Waals surface area contributed by atoms with Crippen molar-refractivity contribution in [1.29, 1.82) is 0 Å². The van der Waals surface area contributed by atoms with Gasteiger partial charge in [0.1, 0.15) is 12.1 Å². The summed E-state index contributed by atoms with van der Waals surface area (Å²) in [7, 11) is 1.60. The minimum atomic E-state index is -0.896. The number of nitrogens with two attached hydrogens (primary N) is 1. The molecule has 8 nitrogen and oxygen atoms in total. The summed E-state index contributed by atoms with van der Waals surface area (Å²) in [4.78, 5) is 34.9. The molecule has 2 aromatic heterocycles. The maximum atomic E-state index is 11.4. The van der Waals surface area contributed by atoms with E-state index in [-0.39, 0.29) is 0 Å². The third kappa shape index (κ3) is 3.25. The molecule has 1 aliphatic rings. The standard InChI is InChI=1S/C15H19N5O3S/c1-19(15(22)23)7-9-2-4-20(5-3-9)14-12-10(17-8-18-14)6-11(24-12)13(16)21/h6,8-9H,2-5,7H2,1H3,(H2,16,21)(H,22,23). The van der Waals surface area contributed by atoms with E-state index >= 15 is 0 Å². The Morgan fingerprint density at radius 3 is 2.75 bits per heavy atom. The van der Waals surface area contributed by atoms with Gasteiger partial charge in [-0.05, 0) is 24.8 Å². The number of thiophene rings is 1. The Labute approximate surface area is 142 Å². The van der Waals surface area contributed by atoms with Crippen molar-refractivity contribution >= 4 is 39.4 Å². The molecule has 1 fully saturated rings. The number of anilines is 1. The van der Waals surface area contributed by atoms with Gasteiger partial charge < -0.3 is 20.6 Å². The molecule has 3 heterocycles. The number of rotatable bonds is 4. The lowest BCUT2D eigenvalue weighted by molar-refractivity contribution is 0.100. The number of primary amides is 1. The highest BCUT2D eigenvalue weighted by Crippen LogP contribution is 2.33. The number of fused-ring (bicyclic) bond motifs is 1. The van der Waals surface area contributed by atoms with Crippen LogP contribution in [0.1, 0.15) is 22.5 Å². The molecule has 0 aromatic carbocycles. The summed E-state index contributed by atoms with van der Waals surface area (Å²) >= 11 is 1.31. The molecular weight excluding hydrogens is 330 g/mol. The summed E-state index contributed by atoms with van der Waals surface area (Å²) in [5.74, 6) is 0.714. The molecule has 0 atom stereocenters. The van der Waals surface area contributed by atoms with Crippen molar-refractivity contribution in [2.45, 2.75) is 12.8 Å². The molecule has 3 rings (SSSR count). The molecule has 2 aromatic rings. The van der Waals surface area contributed by atoms with E-state index < -0.39 is 12.0 Å². The second kappa shape index (κ2) is 6.60. The van der Waals surface area contributed by atoms with Crippen molar-refractivity contribution in [2.75, 3.05) is 31.6 Å². The average molecular weight is 349 g/mol. The average Bonchev–Trinajstić information content (AvgIpc) is 3.00. The fourth-order valence-electron chi connectivity index (χ4n) is 2.98. The van der Waals surface area contributed by atoms with E-state index in [4.69, 9.17) is 10.8 Å². The normalized spacial score (nSPS) is 15.6. The van der Waals surface area contributed by atoms with Crippen LogP contribution in [-0.2, 0) is 0 Å². The zero-order valence-electron chi connectivity index (χ0n) is 13.3. The molecule has 0 bridgehead atoms. The maximum Gasteiger partial charge on any atom is 0.407 e. The first kappa shape index (κ1) is 16.4. The van der Waals surface area contributed by atoms with Gasteiger partial charge in [0.2, 0.25) is 0 Å². The van der Waals surface area contributed by atoms with Gasteiger partial charge >= 0.3 is 6.09 Å². The molecule has 0 spiro atoms. The van der Waals surface area contributed by atoms with Crippen LogP contribution in [0.15, 0.2) is 12.4 Å². The first-order chi connectivity index (χ1) is 11.5. The minimum absolute atomic E-state index is 0.351. The summed E-state index contributed by atoms with van der Waals surface area (Å²) in [6.45, 7) is 2.15. The van der Waals surface area contributed by atoms with Gasteiger partial charge in [0.25, 0.3) is 5.91 Å². The first-order valence-corrected chi connectivity index (χ1v) is 8.50. The van der Waals surface area contributed by atoms with Gasteiger partial charge in [-0.25, -0.2) is 14.8 Å². The predicted octanol–water partition coefficient (Wildman–Crippen LogP) is 1.62. The summed E-state index contributed by atoms with van der Waals surface area (Å²) in [5.41, 5.74) is 6.08. The summed E-state index contributed by atoms with van der Waals surface area (Å²) < 4.78 is 0.868. The number of nitrogens with zero attached hydrogens (tertiary/aromatic N) is 4. The van der Waals surface area contributed by atoms with Gasteiger partial charge in [0.05, 0.1) is 15.1 Å². The van der Waals surface area contributed by atoms with Gasteiger partial charge in [-0.3, -0.25) is 4.79 Å². The Balaban J connectivity index is 1.73. The molecule has 1 aliphatic heterocycles. The van der Waals surface area contributed by atoms with Gasteiger partial charge in [-0.2, -0.15) is 0 Å². The van der Waals surface area contributed by atoms with E-state index in [0.717, 1.165) is 42.0 Å². The molecule has 2 amide bonds. The number of aromatic nitrogens is 2. The van der Waals surface area contributed by atoms with E-state index in [1.807, 2.05) is 0 Å². The van der Waals surface area contributed by atoms with Crippen LogP contribution >= 0.6 is 11.3 Å². The zero-order chi connectivity index (χ0) is 17.3. The van der Waals surface area contributed by atoms with Crippen LogP contribution < -0.4 is 10.6 Å². The highest BCUT2D eigenvalue weighted by Gasteiger charge is 2.24. The lowest BCUT2D eigenvalue weighted by Crippen LogP contribution is -2.39. The fourth-order valence-corrected chi connectivity index (χ4v) is 3.96. The molecular formula is C15H19N5O3S. The second-order valence-electron chi connectivity index (χ2n) is 5.98. The Kier molecular flexibility index (Phi) is 4.52. The Hall–Kier alpha value is -2.42. The van der Waals surface area contributed by atoms with Crippen LogP contribution in [-0.4, -0.2) is 58.7 Å². The Bertz CT molecular complexity index is 770. The van der Waals surface area contributed by atoms with E-state index in [1.54, 1.807) is 13.1 Å². The van der Waals surface area contributed by atoms with Gasteiger partial charge in [-0.1, -0.05) is 0 Å². The molecule has 0 aliphatic carbocycles. The molecule has 0 unspecified atom stereocenters. The van der Waals surface area contributed by atoms with Gasteiger partial charge in [0, 0.05) is 26.7 Å². The van der Waals surface area contributed by atoms with Gasteiger partial charge in [-0.15, -0.1) is 11.3 Å². The molecule has 0 radical (unpaired) electrons. The maximum absolute atomic E-state index is 11.4. The monoisotopic (exact) mass is 349 g/mol. The van der Waals surface area contributed by atoms with Crippen molar-refractivity contribution in [1.82, 2.24) is 14.9 Å². The number of hydrogen-bond donors (Lipinski definition) is 2. The van der Waals surface area contributed by atoms with Crippen LogP contribution in [0.3, 0.4) is 0 Å². The summed E-state index contributed by atoms with van der Waals surface area (Å²) in [5, 5.41) is 8.97. The number of carbonyl (C=O) groups is 2. The van der Waals surface area contributed by atoms with Crippen molar-refractivity contribution in [3.8, 4) is 0 Å². The highest BCUT2D eigenvalue weighted by atomic mass is 32.1. The Morgan fingerprint density at radius 2 is 2.12 bits per heavy atom. The van der Waals surface area contributed by atoms with Crippen molar-refractivity contribution in [3.63, 3.8) is 0 Å². The second-order valence-corrected chi connectivity index (χ2v) is 7.03. The molecule has 1 saturated heterocycles. The highest BCUT2D eigenvalue weighted by molar-refractivity contribution is 7.21. The van der Waals surface area contributed by atoms with Crippen molar-refractivity contribution in [2.24, 2.45) is 11.7 Å². The fraction of sp³-hybridized carbons (Fsp3) is 0.467. The van der Waals surface area contributed by atoms with Crippen molar-refractivity contribution < 1.29 is 14.7 Å². The third-order valence-electron chi connectivity index (χ3n) is 4.31. The van der Waals surface area contributed by atoms with Crippen LogP contribution in [0.4, 0.5) is 10.6 Å². The lowest BCUT2D eigenvalue weighted by atomic mass is 9.96. The number of carboxylic acid groups (broad SMARTS) is 1. The molecule has 3 N–H and O–H groups in total. The molecule has 128 valence electrons. The minimum Gasteiger partial charge on any atom is -0.465 e. The number of piperidine rings is 1. The van der Waals surface area contributed by atoms with Crippen LogP contribution in [0, 0.1) is 5.92 Å². The largest absolute Gasteiger partial charge is 0.465 e. The van der Waals surface area contributed by atoms with Gasteiger partial charge in [0.15, 0.2) is 0 Å². The number of hydrogen-bond acceptors (Lipinski definition) is 6. The van der Waals surface area contributed by atoms with E-state index in [1.165, 1.54) is 22.6 Å². The molecule has 9 heteroatoms. The summed E-state index contributed by atoms with van der Waals surface area (Å²) in [6.07, 6.45) is 2.40. The van der Waals surface area contributed by atoms with E-state index in [2.05, 4.69) is 14.9 Å². The van der Waals surface area contributed by atoms with Crippen LogP contribution in [0.25, 0.3) is 10.2 Å². The molecule has 24 heavy (non-hydrogen) atoms. The third-order valence-corrected chi connectivity index (χ3v) is 5.44. The number of amides is 2. The van der Waals surface area contributed by atoms with Crippen LogP contribution in [0.5, 0.6) is 0 Å².